The molecule has 1 unspecified atom stereocenters. The molecule has 0 saturated carbocycles. The summed E-state index contributed by atoms with van der Waals surface area (Å²) in [6.45, 7) is 3.64. The maximum atomic E-state index is 12.7. The highest BCUT2D eigenvalue weighted by Gasteiger charge is 2.30. The van der Waals surface area contributed by atoms with Gasteiger partial charge in [0.2, 0.25) is 11.8 Å². The first-order valence-electron chi connectivity index (χ1n) is 10.5. The minimum absolute atomic E-state index is 0.00322. The lowest BCUT2D eigenvalue weighted by Gasteiger charge is -2.35. The molecule has 5 nitrogen and oxygen atoms in total. The third-order valence-electron chi connectivity index (χ3n) is 5.76. The number of halogens is 3. The van der Waals surface area contributed by atoms with E-state index in [9.17, 15) is 22.8 Å². The molecule has 1 aliphatic rings. The number of hydrogen-bond acceptors (Lipinski definition) is 3. The predicted molar refractivity (Wildman–Crippen MR) is 114 cm³/mol. The first kappa shape index (κ1) is 23.6. The first-order valence-corrected chi connectivity index (χ1v) is 10.5. The summed E-state index contributed by atoms with van der Waals surface area (Å²) >= 11 is 0. The van der Waals surface area contributed by atoms with Crippen molar-refractivity contribution in [2.45, 2.75) is 31.9 Å². The van der Waals surface area contributed by atoms with Gasteiger partial charge in [0.15, 0.2) is 0 Å². The van der Waals surface area contributed by atoms with E-state index in [0.29, 0.717) is 37.5 Å². The fraction of sp³-hybridized carbons (Fsp3) is 0.417. The Labute approximate surface area is 185 Å². The lowest BCUT2D eigenvalue weighted by molar-refractivity contribution is -0.139. The predicted octanol–water partition coefficient (Wildman–Crippen LogP) is 4.12. The van der Waals surface area contributed by atoms with Crippen LogP contribution in [-0.2, 0) is 22.2 Å². The van der Waals surface area contributed by atoms with E-state index >= 15 is 0 Å². The molecule has 0 N–H and O–H groups in total. The van der Waals surface area contributed by atoms with Crippen LogP contribution in [0.25, 0.3) is 0 Å². The first-order chi connectivity index (χ1) is 15.2. The minimum atomic E-state index is -4.37. The monoisotopic (exact) mass is 448 g/mol. The van der Waals surface area contributed by atoms with Crippen LogP contribution in [0.1, 0.15) is 36.0 Å². The van der Waals surface area contributed by atoms with E-state index in [-0.39, 0.29) is 30.6 Å². The number of amides is 2. The van der Waals surface area contributed by atoms with E-state index in [2.05, 4.69) is 0 Å². The smallest absolute Gasteiger partial charge is 0.416 e. The minimum Gasteiger partial charge on any atom is -0.497 e. The highest BCUT2D eigenvalue weighted by molar-refractivity contribution is 5.80. The van der Waals surface area contributed by atoms with Crippen LogP contribution < -0.4 is 4.74 Å². The molecule has 8 heteroatoms. The summed E-state index contributed by atoms with van der Waals surface area (Å²) in [7, 11) is 1.58. The van der Waals surface area contributed by atoms with E-state index in [1.54, 1.807) is 16.9 Å². The average Bonchev–Trinajstić information content (AvgIpc) is 2.78. The Hall–Kier alpha value is -3.03. The van der Waals surface area contributed by atoms with Gasteiger partial charge in [-0.3, -0.25) is 9.59 Å². The molecular weight excluding hydrogens is 421 g/mol. The zero-order chi connectivity index (χ0) is 23.3. The number of alkyl halides is 3. The number of piperazine rings is 1. The van der Waals surface area contributed by atoms with Crippen LogP contribution in [0.2, 0.25) is 0 Å². The van der Waals surface area contributed by atoms with Crippen LogP contribution in [-0.4, -0.2) is 54.9 Å². The van der Waals surface area contributed by atoms with Crippen molar-refractivity contribution in [3.63, 3.8) is 0 Å². The number of hydrogen-bond donors (Lipinski definition) is 0. The molecule has 0 radical (unpaired) electrons. The van der Waals surface area contributed by atoms with Gasteiger partial charge in [-0.15, -0.1) is 0 Å². The third kappa shape index (κ3) is 6.02. The Morgan fingerprint density at radius 2 is 1.56 bits per heavy atom. The van der Waals surface area contributed by atoms with Crippen LogP contribution in [0, 0.1) is 0 Å². The van der Waals surface area contributed by atoms with E-state index in [1.807, 2.05) is 31.2 Å². The second kappa shape index (κ2) is 10.1. The van der Waals surface area contributed by atoms with Crippen LogP contribution in [0.3, 0.4) is 0 Å². The molecule has 0 aromatic heterocycles. The van der Waals surface area contributed by atoms with E-state index in [1.165, 1.54) is 12.1 Å². The second-order valence-corrected chi connectivity index (χ2v) is 8.01. The van der Waals surface area contributed by atoms with Gasteiger partial charge < -0.3 is 14.5 Å². The molecule has 1 atom stereocenters. The Morgan fingerprint density at radius 1 is 0.969 bits per heavy atom. The largest absolute Gasteiger partial charge is 0.497 e. The molecular formula is C24H27F3N2O3. The Morgan fingerprint density at radius 3 is 2.12 bits per heavy atom. The van der Waals surface area contributed by atoms with E-state index in [0.717, 1.165) is 17.7 Å². The topological polar surface area (TPSA) is 49.9 Å². The van der Waals surface area contributed by atoms with Gasteiger partial charge in [-0.25, -0.2) is 0 Å². The van der Waals surface area contributed by atoms with Crippen molar-refractivity contribution in [2.24, 2.45) is 0 Å². The zero-order valence-electron chi connectivity index (χ0n) is 18.2. The molecule has 1 heterocycles. The van der Waals surface area contributed by atoms with Gasteiger partial charge in [0.25, 0.3) is 0 Å². The normalized spacial score (nSPS) is 15.4. The number of ether oxygens (including phenoxy) is 1. The maximum Gasteiger partial charge on any atom is 0.416 e. The number of methoxy groups -OCH3 is 1. The zero-order valence-corrected chi connectivity index (χ0v) is 18.2. The van der Waals surface area contributed by atoms with Gasteiger partial charge >= 0.3 is 6.18 Å². The van der Waals surface area contributed by atoms with Gasteiger partial charge in [0, 0.05) is 32.6 Å². The summed E-state index contributed by atoms with van der Waals surface area (Å²) in [6, 6.07) is 12.3. The van der Waals surface area contributed by atoms with Gasteiger partial charge in [0.1, 0.15) is 5.75 Å². The van der Waals surface area contributed by atoms with Crippen LogP contribution in [0.5, 0.6) is 5.75 Å². The maximum absolute atomic E-state index is 12.7. The van der Waals surface area contributed by atoms with E-state index in [4.69, 9.17) is 4.74 Å². The van der Waals surface area contributed by atoms with Crippen LogP contribution in [0.4, 0.5) is 13.2 Å². The molecule has 1 fully saturated rings. The Balaban J connectivity index is 1.49. The number of carbonyl (C=O) groups excluding carboxylic acids is 2. The SMILES string of the molecule is COc1cccc(CC(=O)N2CCN(C(=O)CC(C)c3ccc(C(F)(F)F)cc3)CC2)c1. The van der Waals surface area contributed by atoms with Gasteiger partial charge in [-0.2, -0.15) is 13.2 Å². The number of carbonyl (C=O) groups is 2. The average molecular weight is 448 g/mol. The van der Waals surface area contributed by atoms with Gasteiger partial charge in [-0.05, 0) is 41.3 Å². The summed E-state index contributed by atoms with van der Waals surface area (Å²) in [6.07, 6.45) is -3.89. The molecule has 172 valence electrons. The van der Waals surface area contributed by atoms with Crippen molar-refractivity contribution in [2.75, 3.05) is 33.3 Å². The summed E-state index contributed by atoms with van der Waals surface area (Å²) in [5.41, 5.74) is 0.867. The molecule has 2 aromatic rings. The quantitative estimate of drug-likeness (QED) is 0.668. The van der Waals surface area contributed by atoms with Crippen molar-refractivity contribution >= 4 is 11.8 Å². The third-order valence-corrected chi connectivity index (χ3v) is 5.76. The van der Waals surface area contributed by atoms with Gasteiger partial charge in [0.05, 0.1) is 19.1 Å². The number of rotatable bonds is 6. The van der Waals surface area contributed by atoms with Crippen molar-refractivity contribution in [3.8, 4) is 5.75 Å². The highest BCUT2D eigenvalue weighted by Crippen LogP contribution is 2.30. The molecule has 2 aromatic carbocycles. The fourth-order valence-corrected chi connectivity index (χ4v) is 3.78. The summed E-state index contributed by atoms with van der Waals surface area (Å²) in [4.78, 5) is 28.8. The molecule has 1 aliphatic heterocycles. The highest BCUT2D eigenvalue weighted by atomic mass is 19.4. The lowest BCUT2D eigenvalue weighted by Crippen LogP contribution is -2.51. The van der Waals surface area contributed by atoms with Crippen LogP contribution in [0.15, 0.2) is 48.5 Å². The molecule has 32 heavy (non-hydrogen) atoms. The number of benzene rings is 2. The Bertz CT molecular complexity index is 936. The van der Waals surface area contributed by atoms with Crippen molar-refractivity contribution in [1.82, 2.24) is 9.80 Å². The molecule has 3 rings (SSSR count). The summed E-state index contributed by atoms with van der Waals surface area (Å²) in [5, 5.41) is 0. The fourth-order valence-electron chi connectivity index (χ4n) is 3.78. The molecule has 0 bridgehead atoms. The Kier molecular flexibility index (Phi) is 7.43. The molecule has 0 aliphatic carbocycles. The summed E-state index contributed by atoms with van der Waals surface area (Å²) < 4.78 is 43.4. The van der Waals surface area contributed by atoms with Crippen molar-refractivity contribution in [1.29, 1.82) is 0 Å². The van der Waals surface area contributed by atoms with Crippen molar-refractivity contribution < 1.29 is 27.5 Å². The van der Waals surface area contributed by atoms with E-state index < -0.39 is 11.7 Å². The molecule has 0 spiro atoms. The van der Waals surface area contributed by atoms with Gasteiger partial charge in [-0.1, -0.05) is 31.2 Å². The standard InChI is InChI=1S/C24H27F3N2O3/c1-17(19-6-8-20(9-7-19)24(25,26)27)14-22(30)28-10-12-29(13-11-28)23(31)16-18-4-3-5-21(15-18)32-2/h3-9,15,17H,10-14,16H2,1-2H3. The molecule has 2 amide bonds. The number of nitrogens with zero attached hydrogens (tertiary/aromatic N) is 2. The van der Waals surface area contributed by atoms with Crippen LogP contribution >= 0.6 is 0 Å². The molecule has 1 saturated heterocycles. The lowest BCUT2D eigenvalue weighted by atomic mass is 9.96. The summed E-state index contributed by atoms with van der Waals surface area (Å²) in [5.74, 6) is 0.450. The second-order valence-electron chi connectivity index (χ2n) is 8.01. The van der Waals surface area contributed by atoms with Crippen molar-refractivity contribution in [3.05, 3.63) is 65.2 Å².